The molecule has 1 rings (SSSR count). The highest BCUT2D eigenvalue weighted by atomic mass is 79.9. The number of halogens is 1. The Morgan fingerprint density at radius 1 is 1.28 bits per heavy atom. The van der Waals surface area contributed by atoms with Crippen LogP contribution in [0.15, 0.2) is 24.3 Å². The molecule has 1 aromatic rings. The van der Waals surface area contributed by atoms with Gasteiger partial charge >= 0.3 is 0 Å². The van der Waals surface area contributed by atoms with Crippen LogP contribution in [-0.2, 0) is 6.42 Å². The normalized spacial score (nSPS) is 11.3. The number of nitrogens with one attached hydrogen (secondary N) is 1. The van der Waals surface area contributed by atoms with Crippen molar-refractivity contribution < 1.29 is 4.79 Å². The van der Waals surface area contributed by atoms with Gasteiger partial charge in [0.05, 0.1) is 0 Å². The van der Waals surface area contributed by atoms with E-state index < -0.39 is 0 Å². The number of carbonyl (C=O) groups is 1. The Balaban J connectivity index is 2.54. The molecule has 0 saturated carbocycles. The molecule has 0 fully saturated rings. The molecule has 3 heteroatoms. The van der Waals surface area contributed by atoms with Gasteiger partial charge in [-0.3, -0.25) is 4.79 Å². The van der Waals surface area contributed by atoms with Crippen LogP contribution in [0.25, 0.3) is 0 Å². The fourth-order valence-electron chi connectivity index (χ4n) is 1.66. The number of benzene rings is 1. The summed E-state index contributed by atoms with van der Waals surface area (Å²) in [5, 5.41) is 3.96. The van der Waals surface area contributed by atoms with Crippen LogP contribution in [0.5, 0.6) is 0 Å². The quantitative estimate of drug-likeness (QED) is 0.796. The second-order valence-corrected chi connectivity index (χ2v) is 6.13. The van der Waals surface area contributed by atoms with E-state index in [0.29, 0.717) is 6.54 Å². The molecule has 0 aliphatic carbocycles. The summed E-state index contributed by atoms with van der Waals surface area (Å²) in [5.41, 5.74) is 2.12. The van der Waals surface area contributed by atoms with Gasteiger partial charge in [0.25, 0.3) is 5.91 Å². The number of rotatable bonds is 6. The molecule has 2 nitrogen and oxygen atoms in total. The lowest BCUT2D eigenvalue weighted by atomic mass is 9.90. The third-order valence-corrected chi connectivity index (χ3v) is 3.52. The van der Waals surface area contributed by atoms with Crippen molar-refractivity contribution in [1.29, 1.82) is 0 Å². The molecule has 0 saturated heterocycles. The van der Waals surface area contributed by atoms with Crippen LogP contribution in [0.3, 0.4) is 0 Å². The van der Waals surface area contributed by atoms with Gasteiger partial charge in [0.2, 0.25) is 0 Å². The fourth-order valence-corrected chi connectivity index (χ4v) is 2.73. The zero-order valence-electron chi connectivity index (χ0n) is 11.4. The molecular formula is C15H22BrNO. The van der Waals surface area contributed by atoms with Crippen LogP contribution in [-0.4, -0.2) is 17.8 Å². The van der Waals surface area contributed by atoms with Crippen molar-refractivity contribution >= 4 is 21.8 Å². The third-order valence-electron chi connectivity index (χ3n) is 3.12. The molecule has 100 valence electrons. The van der Waals surface area contributed by atoms with E-state index in [2.05, 4.69) is 42.0 Å². The number of hydrogen-bond donors (Lipinski definition) is 1. The van der Waals surface area contributed by atoms with Gasteiger partial charge in [0.15, 0.2) is 0 Å². The second kappa shape index (κ2) is 6.93. The number of carbonyl (C=O) groups excluding carboxylic acids is 1. The molecule has 0 aliphatic rings. The minimum Gasteiger partial charge on any atom is -0.352 e. The molecule has 0 radical (unpaired) electrons. The highest BCUT2D eigenvalue weighted by Gasteiger charge is 2.18. The first-order chi connectivity index (χ1) is 8.48. The first-order valence-electron chi connectivity index (χ1n) is 6.41. The van der Waals surface area contributed by atoms with Gasteiger partial charge in [-0.25, -0.2) is 0 Å². The highest BCUT2D eigenvalue weighted by molar-refractivity contribution is 9.09. The summed E-state index contributed by atoms with van der Waals surface area (Å²) in [6.45, 7) is 7.13. The van der Waals surface area contributed by atoms with E-state index in [1.54, 1.807) is 0 Å². The van der Waals surface area contributed by atoms with Crippen molar-refractivity contribution in [1.82, 2.24) is 5.32 Å². The van der Waals surface area contributed by atoms with Crippen LogP contribution in [0, 0.1) is 5.41 Å². The zero-order valence-corrected chi connectivity index (χ0v) is 13.0. The molecule has 0 unspecified atom stereocenters. The van der Waals surface area contributed by atoms with Gasteiger partial charge < -0.3 is 5.32 Å². The summed E-state index contributed by atoms with van der Waals surface area (Å²) in [5.74, 6) is 0.0142. The molecular weight excluding hydrogens is 290 g/mol. The van der Waals surface area contributed by atoms with Gasteiger partial charge in [0.1, 0.15) is 0 Å². The van der Waals surface area contributed by atoms with E-state index in [0.717, 1.165) is 23.7 Å². The maximum Gasteiger partial charge on any atom is 0.251 e. The van der Waals surface area contributed by atoms with Gasteiger partial charge in [-0.15, -0.1) is 0 Å². The standard InChI is InChI=1S/C15H22BrNO/c1-4-12-5-7-13(8-6-12)14(18)17-11-15(2,3)9-10-16/h5-8H,4,9-11H2,1-3H3,(H,17,18). The Kier molecular flexibility index (Phi) is 5.86. The molecule has 1 amide bonds. The van der Waals surface area contributed by atoms with Crippen LogP contribution in [0.2, 0.25) is 0 Å². The molecule has 0 spiro atoms. The average Bonchev–Trinajstić information content (AvgIpc) is 2.36. The van der Waals surface area contributed by atoms with Gasteiger partial charge in [-0.05, 0) is 36.0 Å². The number of aryl methyl sites for hydroxylation is 1. The molecule has 1 aromatic carbocycles. The van der Waals surface area contributed by atoms with Crippen molar-refractivity contribution in [3.8, 4) is 0 Å². The first-order valence-corrected chi connectivity index (χ1v) is 7.54. The molecule has 0 atom stereocenters. The number of hydrogen-bond acceptors (Lipinski definition) is 1. The zero-order chi connectivity index (χ0) is 13.6. The maximum absolute atomic E-state index is 12.0. The van der Waals surface area contributed by atoms with Gasteiger partial charge in [-0.2, -0.15) is 0 Å². The van der Waals surface area contributed by atoms with Crippen LogP contribution in [0.1, 0.15) is 43.1 Å². The van der Waals surface area contributed by atoms with Crippen molar-refractivity contribution in [2.24, 2.45) is 5.41 Å². The van der Waals surface area contributed by atoms with E-state index in [4.69, 9.17) is 0 Å². The maximum atomic E-state index is 12.0. The van der Waals surface area contributed by atoms with Crippen LogP contribution in [0.4, 0.5) is 0 Å². The summed E-state index contributed by atoms with van der Waals surface area (Å²) in [6.07, 6.45) is 2.04. The first kappa shape index (κ1) is 15.2. The molecule has 1 N–H and O–H groups in total. The predicted octanol–water partition coefficient (Wildman–Crippen LogP) is 3.79. The Hall–Kier alpha value is -0.830. The Labute approximate surface area is 118 Å². The monoisotopic (exact) mass is 311 g/mol. The topological polar surface area (TPSA) is 29.1 Å². The number of alkyl halides is 1. The minimum atomic E-state index is 0.0142. The second-order valence-electron chi connectivity index (χ2n) is 5.34. The van der Waals surface area contributed by atoms with E-state index in [1.165, 1.54) is 5.56 Å². The summed E-state index contributed by atoms with van der Waals surface area (Å²) >= 11 is 3.44. The van der Waals surface area contributed by atoms with E-state index in [1.807, 2.05) is 24.3 Å². The lowest BCUT2D eigenvalue weighted by molar-refractivity contribution is 0.0936. The van der Waals surface area contributed by atoms with Crippen LogP contribution >= 0.6 is 15.9 Å². The van der Waals surface area contributed by atoms with Gasteiger partial charge in [0, 0.05) is 17.4 Å². The van der Waals surface area contributed by atoms with Crippen molar-refractivity contribution in [2.45, 2.75) is 33.6 Å². The van der Waals surface area contributed by atoms with Crippen LogP contribution < -0.4 is 5.32 Å². The van der Waals surface area contributed by atoms with Gasteiger partial charge in [-0.1, -0.05) is 48.8 Å². The summed E-state index contributed by atoms with van der Waals surface area (Å²) < 4.78 is 0. The summed E-state index contributed by atoms with van der Waals surface area (Å²) in [6, 6.07) is 7.81. The molecule has 0 bridgehead atoms. The van der Waals surface area contributed by atoms with Crippen molar-refractivity contribution in [2.75, 3.05) is 11.9 Å². The fraction of sp³-hybridized carbons (Fsp3) is 0.533. The molecule has 0 aliphatic heterocycles. The van der Waals surface area contributed by atoms with E-state index >= 15 is 0 Å². The molecule has 18 heavy (non-hydrogen) atoms. The van der Waals surface area contributed by atoms with Crippen molar-refractivity contribution in [3.05, 3.63) is 35.4 Å². The lowest BCUT2D eigenvalue weighted by Crippen LogP contribution is -2.34. The highest BCUT2D eigenvalue weighted by Crippen LogP contribution is 2.20. The molecule has 0 heterocycles. The Bertz CT molecular complexity index is 384. The SMILES string of the molecule is CCc1ccc(C(=O)NCC(C)(C)CCBr)cc1. The smallest absolute Gasteiger partial charge is 0.251 e. The largest absolute Gasteiger partial charge is 0.352 e. The Morgan fingerprint density at radius 2 is 1.89 bits per heavy atom. The van der Waals surface area contributed by atoms with E-state index in [-0.39, 0.29) is 11.3 Å². The predicted molar refractivity (Wildman–Crippen MR) is 80.3 cm³/mol. The number of amides is 1. The Morgan fingerprint density at radius 3 is 2.39 bits per heavy atom. The molecule has 0 aromatic heterocycles. The minimum absolute atomic E-state index is 0.0142. The lowest BCUT2D eigenvalue weighted by Gasteiger charge is -2.23. The van der Waals surface area contributed by atoms with E-state index in [9.17, 15) is 4.79 Å². The average molecular weight is 312 g/mol. The summed E-state index contributed by atoms with van der Waals surface area (Å²) in [7, 11) is 0. The third kappa shape index (κ3) is 4.81. The summed E-state index contributed by atoms with van der Waals surface area (Å²) in [4.78, 5) is 12.0. The van der Waals surface area contributed by atoms with Crippen molar-refractivity contribution in [3.63, 3.8) is 0 Å².